The van der Waals surface area contributed by atoms with Crippen LogP contribution in [0.15, 0.2) is 74.6 Å². The van der Waals surface area contributed by atoms with Crippen LogP contribution in [0.3, 0.4) is 0 Å². The fourth-order valence-electron chi connectivity index (χ4n) is 5.21. The summed E-state index contributed by atoms with van der Waals surface area (Å²) in [5, 5.41) is 9.85. The molecule has 242 valence electrons. The van der Waals surface area contributed by atoms with Crippen LogP contribution >= 0.6 is 23.1 Å². The van der Waals surface area contributed by atoms with Gasteiger partial charge < -0.3 is 14.2 Å². The van der Waals surface area contributed by atoms with E-state index in [1.165, 1.54) is 29.1 Å². The lowest BCUT2D eigenvalue weighted by molar-refractivity contribution is -0.139. The average Bonchev–Trinajstić information content (AvgIpc) is 3.36. The highest BCUT2D eigenvalue weighted by atomic mass is 32.2. The number of halogens is 2. The van der Waals surface area contributed by atoms with E-state index in [0.717, 1.165) is 11.8 Å². The Kier molecular flexibility index (Phi) is 10.2. The summed E-state index contributed by atoms with van der Waals surface area (Å²) >= 11 is 2.34. The first-order chi connectivity index (χ1) is 22.6. The fraction of sp³-hybridized carbons (Fsp3) is 0.265. The van der Waals surface area contributed by atoms with Gasteiger partial charge in [0.1, 0.15) is 28.3 Å². The molecule has 1 aliphatic rings. The van der Waals surface area contributed by atoms with Crippen molar-refractivity contribution in [2.45, 2.75) is 44.0 Å². The number of fused-ring (bicyclic) bond motifs is 1. The Morgan fingerprint density at radius 3 is 2.53 bits per heavy atom. The number of carbonyl (C=O) groups excluding carboxylic acids is 1. The molecule has 1 unspecified atom stereocenters. The van der Waals surface area contributed by atoms with Gasteiger partial charge in [0.05, 0.1) is 48.2 Å². The molecule has 0 bridgehead atoms. The molecule has 0 saturated carbocycles. The molecule has 13 heteroatoms. The number of esters is 1. The first-order valence-electron chi connectivity index (χ1n) is 14.4. The maximum absolute atomic E-state index is 14.0. The van der Waals surface area contributed by atoms with E-state index in [1.807, 2.05) is 6.07 Å². The minimum Gasteiger partial charge on any atom is -0.497 e. The number of carbonyl (C=O) groups is 1. The zero-order chi connectivity index (χ0) is 33.8. The summed E-state index contributed by atoms with van der Waals surface area (Å²) in [5.41, 5.74) is 2.74. The van der Waals surface area contributed by atoms with Gasteiger partial charge in [0.2, 0.25) is 0 Å². The molecule has 2 aromatic heterocycles. The molecule has 47 heavy (non-hydrogen) atoms. The van der Waals surface area contributed by atoms with Crippen LogP contribution in [0.2, 0.25) is 0 Å². The number of nitrogens with zero attached hydrogens (tertiary/aromatic N) is 4. The predicted molar refractivity (Wildman–Crippen MR) is 175 cm³/mol. The molecule has 1 atom stereocenters. The quantitative estimate of drug-likeness (QED) is 0.157. The van der Waals surface area contributed by atoms with Crippen LogP contribution in [0.4, 0.5) is 8.78 Å². The highest BCUT2D eigenvalue weighted by Crippen LogP contribution is 2.34. The van der Waals surface area contributed by atoms with Crippen molar-refractivity contribution >= 4 is 35.1 Å². The van der Waals surface area contributed by atoms with Crippen molar-refractivity contribution in [1.82, 2.24) is 9.55 Å². The highest BCUT2D eigenvalue weighted by Gasteiger charge is 2.33. The smallest absolute Gasteiger partial charge is 0.338 e. The van der Waals surface area contributed by atoms with Crippen LogP contribution in [0, 0.1) is 18.3 Å². The van der Waals surface area contributed by atoms with Gasteiger partial charge in [-0.25, -0.2) is 23.6 Å². The third kappa shape index (κ3) is 6.84. The molecule has 0 radical (unpaired) electrons. The number of aryl methyl sites for hydroxylation is 1. The van der Waals surface area contributed by atoms with Crippen molar-refractivity contribution < 1.29 is 27.8 Å². The minimum absolute atomic E-state index is 0.165. The number of thioether (sulfide) groups is 1. The topological polar surface area (TPSA) is 116 Å². The maximum atomic E-state index is 14.0. The third-order valence-corrected chi connectivity index (χ3v) is 9.46. The molecule has 4 aromatic rings. The lowest BCUT2D eigenvalue weighted by atomic mass is 9.96. The standard InChI is InChI=1S/C34H30F2N4O5S2/c1-6-45-33(42)28-19(3)38-34-40(29(28)21-8-10-23(43-4)11-9-21)32(41)27(47-34)15-20-7-12-26(44-5)22(14-20)17-46-31-24(16-37)18(2)13-25(39-31)30(35)36/h7-15,29-30H,6,17H2,1-5H3/b27-15+. The third-order valence-electron chi connectivity index (χ3n) is 7.45. The van der Waals surface area contributed by atoms with Crippen LogP contribution in [-0.4, -0.2) is 36.3 Å². The molecule has 3 heterocycles. The van der Waals surface area contributed by atoms with Gasteiger partial charge in [-0.15, -0.1) is 11.8 Å². The Hall–Kier alpha value is -4.80. The van der Waals surface area contributed by atoms with E-state index in [0.29, 0.717) is 48.8 Å². The lowest BCUT2D eigenvalue weighted by Crippen LogP contribution is -2.39. The SMILES string of the molecule is CCOC(=O)C1=C(C)N=c2s/c(=C/c3ccc(OC)c(CSc4nc(C(F)F)cc(C)c4C#N)c3)c(=O)n2C1c1ccc(OC)cc1. The number of methoxy groups -OCH3 is 2. The van der Waals surface area contributed by atoms with Gasteiger partial charge in [-0.1, -0.05) is 29.5 Å². The number of alkyl halides is 2. The number of hydrogen-bond donors (Lipinski definition) is 0. The van der Waals surface area contributed by atoms with Crippen molar-refractivity contribution in [3.8, 4) is 17.6 Å². The van der Waals surface area contributed by atoms with Crippen LogP contribution in [0.25, 0.3) is 6.08 Å². The van der Waals surface area contributed by atoms with Gasteiger partial charge in [0.25, 0.3) is 12.0 Å². The summed E-state index contributed by atoms with van der Waals surface area (Å²) < 4.78 is 45.0. The molecule has 0 amide bonds. The van der Waals surface area contributed by atoms with Crippen molar-refractivity contribution in [2.75, 3.05) is 20.8 Å². The molecule has 1 aliphatic heterocycles. The van der Waals surface area contributed by atoms with E-state index in [9.17, 15) is 23.6 Å². The van der Waals surface area contributed by atoms with E-state index < -0.39 is 24.1 Å². The largest absolute Gasteiger partial charge is 0.497 e. The summed E-state index contributed by atoms with van der Waals surface area (Å²) in [6.45, 7) is 5.20. The van der Waals surface area contributed by atoms with Gasteiger partial charge in [-0.3, -0.25) is 9.36 Å². The molecule has 0 spiro atoms. The maximum Gasteiger partial charge on any atom is 0.338 e. The van der Waals surface area contributed by atoms with Crippen LogP contribution in [-0.2, 0) is 15.3 Å². The first-order valence-corrected chi connectivity index (χ1v) is 16.2. The van der Waals surface area contributed by atoms with Crippen molar-refractivity contribution in [2.24, 2.45) is 4.99 Å². The normalized spacial score (nSPS) is 14.4. The van der Waals surface area contributed by atoms with Crippen LogP contribution < -0.4 is 24.4 Å². The molecular weight excluding hydrogens is 647 g/mol. The molecule has 9 nitrogen and oxygen atoms in total. The molecule has 2 aromatic carbocycles. The number of thiazole rings is 1. The van der Waals surface area contributed by atoms with E-state index in [4.69, 9.17) is 14.2 Å². The second-order valence-electron chi connectivity index (χ2n) is 10.4. The Bertz CT molecular complexity index is 2100. The summed E-state index contributed by atoms with van der Waals surface area (Å²) in [5.74, 6) is 0.888. The molecule has 0 aliphatic carbocycles. The number of aromatic nitrogens is 2. The Morgan fingerprint density at radius 2 is 1.89 bits per heavy atom. The summed E-state index contributed by atoms with van der Waals surface area (Å²) in [6.07, 6.45) is -1.04. The van der Waals surface area contributed by atoms with Gasteiger partial charge in [0.15, 0.2) is 4.80 Å². The van der Waals surface area contributed by atoms with Crippen molar-refractivity contribution in [3.63, 3.8) is 0 Å². The fourth-order valence-corrected chi connectivity index (χ4v) is 7.30. The number of allylic oxidation sites excluding steroid dienone is 1. The van der Waals surface area contributed by atoms with Gasteiger partial charge in [-0.2, -0.15) is 5.26 Å². The van der Waals surface area contributed by atoms with E-state index in [2.05, 4.69) is 16.0 Å². The summed E-state index contributed by atoms with van der Waals surface area (Å²) in [7, 11) is 3.08. The molecule has 0 fully saturated rings. The van der Waals surface area contributed by atoms with Gasteiger partial charge >= 0.3 is 5.97 Å². The van der Waals surface area contributed by atoms with Gasteiger partial charge in [-0.05, 0) is 73.9 Å². The first kappa shape index (κ1) is 33.6. The molecule has 5 rings (SSSR count). The van der Waals surface area contributed by atoms with Gasteiger partial charge in [0, 0.05) is 11.3 Å². The number of pyridine rings is 1. The minimum atomic E-state index is -2.77. The Balaban J connectivity index is 1.56. The monoisotopic (exact) mass is 676 g/mol. The molecular formula is C34H30F2N4O5S2. The molecule has 0 N–H and O–H groups in total. The van der Waals surface area contributed by atoms with Crippen LogP contribution in [0.1, 0.15) is 59.8 Å². The number of hydrogen-bond acceptors (Lipinski definition) is 10. The zero-order valence-corrected chi connectivity index (χ0v) is 27.8. The van der Waals surface area contributed by atoms with E-state index in [1.54, 1.807) is 70.4 Å². The van der Waals surface area contributed by atoms with Crippen molar-refractivity contribution in [3.05, 3.63) is 113 Å². The highest BCUT2D eigenvalue weighted by molar-refractivity contribution is 7.98. The van der Waals surface area contributed by atoms with E-state index >= 15 is 0 Å². The number of benzene rings is 2. The summed E-state index contributed by atoms with van der Waals surface area (Å²) in [6, 6.07) is 15.0. The number of ether oxygens (including phenoxy) is 3. The zero-order valence-electron chi connectivity index (χ0n) is 26.2. The lowest BCUT2D eigenvalue weighted by Gasteiger charge is -2.24. The average molecular weight is 677 g/mol. The second kappa shape index (κ2) is 14.3. The molecule has 0 saturated heterocycles. The van der Waals surface area contributed by atoms with Crippen LogP contribution in [0.5, 0.6) is 11.5 Å². The Labute approximate surface area is 277 Å². The Morgan fingerprint density at radius 1 is 1.15 bits per heavy atom. The van der Waals surface area contributed by atoms with E-state index in [-0.39, 0.29) is 34.1 Å². The van der Waals surface area contributed by atoms with Crippen molar-refractivity contribution in [1.29, 1.82) is 5.26 Å². The second-order valence-corrected chi connectivity index (χ2v) is 12.4. The number of rotatable bonds is 10. The summed E-state index contributed by atoms with van der Waals surface area (Å²) in [4.78, 5) is 36.3. The predicted octanol–water partition coefficient (Wildman–Crippen LogP) is 5.62. The number of nitriles is 1.